The minimum atomic E-state index is -1.35. The van der Waals surface area contributed by atoms with Gasteiger partial charge in [0, 0.05) is 6.42 Å². The number of carboxylic acids is 1. The number of rotatable bonds is 16. The second-order valence-electron chi connectivity index (χ2n) is 8.20. The van der Waals surface area contributed by atoms with Crippen LogP contribution >= 0.6 is 11.8 Å². The Kier molecular flexibility index (Phi) is 14.3. The van der Waals surface area contributed by atoms with Crippen molar-refractivity contribution in [3.63, 3.8) is 0 Å². The average molecular weight is 492 g/mol. The van der Waals surface area contributed by atoms with Crippen LogP contribution in [0.3, 0.4) is 0 Å². The average Bonchev–Trinajstić information content (AvgIpc) is 2.71. The number of carboxylic acid groups (broad SMARTS) is 1. The fourth-order valence-corrected chi connectivity index (χ4v) is 3.25. The molecule has 190 valence electrons. The van der Waals surface area contributed by atoms with Crippen molar-refractivity contribution >= 4 is 41.4 Å². The van der Waals surface area contributed by atoms with Crippen molar-refractivity contribution in [2.24, 2.45) is 17.4 Å². The molecule has 0 aliphatic carbocycles. The van der Waals surface area contributed by atoms with E-state index < -0.39 is 59.9 Å². The van der Waals surface area contributed by atoms with Crippen molar-refractivity contribution in [1.82, 2.24) is 16.0 Å². The zero-order valence-corrected chi connectivity index (χ0v) is 20.3. The summed E-state index contributed by atoms with van der Waals surface area (Å²) < 4.78 is 0. The van der Waals surface area contributed by atoms with Gasteiger partial charge in [-0.25, -0.2) is 4.79 Å². The minimum absolute atomic E-state index is 0.00693. The summed E-state index contributed by atoms with van der Waals surface area (Å²) in [6.45, 7) is 5.03. The molecular weight excluding hydrogens is 454 g/mol. The van der Waals surface area contributed by atoms with Gasteiger partial charge in [0.2, 0.25) is 23.6 Å². The topological polar surface area (TPSA) is 214 Å². The second-order valence-corrected chi connectivity index (χ2v) is 9.19. The Hall–Kier alpha value is -2.38. The highest BCUT2D eigenvalue weighted by Crippen LogP contribution is 2.09. The van der Waals surface area contributed by atoms with Crippen molar-refractivity contribution in [2.75, 3.05) is 12.0 Å². The van der Waals surface area contributed by atoms with E-state index in [1.807, 2.05) is 20.1 Å². The molecule has 0 saturated carbocycles. The van der Waals surface area contributed by atoms with Gasteiger partial charge in [-0.1, -0.05) is 13.8 Å². The molecule has 0 spiro atoms. The van der Waals surface area contributed by atoms with Crippen LogP contribution in [0.1, 0.15) is 46.5 Å². The zero-order valence-electron chi connectivity index (χ0n) is 19.5. The van der Waals surface area contributed by atoms with Crippen molar-refractivity contribution in [1.29, 1.82) is 0 Å². The summed E-state index contributed by atoms with van der Waals surface area (Å²) in [6.07, 6.45) is 0.714. The van der Waals surface area contributed by atoms with Crippen LogP contribution in [-0.4, -0.2) is 82.1 Å². The number of amides is 4. The Morgan fingerprint density at radius 1 is 0.879 bits per heavy atom. The molecule has 0 aromatic heterocycles. The molecule has 5 unspecified atom stereocenters. The quantitative estimate of drug-likeness (QED) is 0.131. The van der Waals surface area contributed by atoms with Gasteiger partial charge in [-0.05, 0) is 44.1 Å². The third-order valence-electron chi connectivity index (χ3n) is 4.70. The van der Waals surface area contributed by atoms with E-state index in [1.54, 1.807) is 0 Å². The molecule has 0 aromatic carbocycles. The van der Waals surface area contributed by atoms with Gasteiger partial charge in [-0.3, -0.25) is 19.2 Å². The predicted octanol–water partition coefficient (Wildman–Crippen LogP) is -1.70. The summed E-state index contributed by atoms with van der Waals surface area (Å²) in [5.41, 5.74) is 10.7. The van der Waals surface area contributed by atoms with Gasteiger partial charge < -0.3 is 37.6 Å². The molecule has 0 bridgehead atoms. The first-order valence-corrected chi connectivity index (χ1v) is 12.0. The Morgan fingerprint density at radius 3 is 1.85 bits per heavy atom. The van der Waals surface area contributed by atoms with Crippen LogP contribution in [0.2, 0.25) is 0 Å². The van der Waals surface area contributed by atoms with E-state index in [2.05, 4.69) is 16.0 Å². The summed E-state index contributed by atoms with van der Waals surface area (Å²) in [4.78, 5) is 60.3. The van der Waals surface area contributed by atoms with E-state index in [-0.39, 0.29) is 31.6 Å². The standard InChI is InChI=1S/C20H37N5O7S/c1-10(2)9-14(25-19(30)16(22)11(3)26)18(29)23-12(7-8-33-4)17(28)24-13(20(31)32)5-6-15(21)27/h10-14,16,26H,5-9,22H2,1-4H3,(H2,21,27)(H,23,29)(H,24,28)(H,25,30)(H,31,32). The molecule has 0 aromatic rings. The van der Waals surface area contributed by atoms with Crippen molar-refractivity contribution in [3.8, 4) is 0 Å². The molecule has 12 nitrogen and oxygen atoms in total. The predicted molar refractivity (Wildman–Crippen MR) is 124 cm³/mol. The van der Waals surface area contributed by atoms with E-state index in [0.717, 1.165) is 0 Å². The summed E-state index contributed by atoms with van der Waals surface area (Å²) in [5, 5.41) is 26.3. The summed E-state index contributed by atoms with van der Waals surface area (Å²) in [5.74, 6) is -3.63. The summed E-state index contributed by atoms with van der Waals surface area (Å²) >= 11 is 1.43. The van der Waals surface area contributed by atoms with Gasteiger partial charge in [0.15, 0.2) is 0 Å². The van der Waals surface area contributed by atoms with Crippen LogP contribution in [0.25, 0.3) is 0 Å². The van der Waals surface area contributed by atoms with Crippen molar-refractivity contribution < 1.29 is 34.2 Å². The smallest absolute Gasteiger partial charge is 0.326 e. The molecule has 13 heteroatoms. The number of carbonyl (C=O) groups excluding carboxylic acids is 4. The van der Waals surface area contributed by atoms with E-state index in [9.17, 15) is 34.2 Å². The number of primary amides is 1. The van der Waals surface area contributed by atoms with Crippen LogP contribution in [0.5, 0.6) is 0 Å². The van der Waals surface area contributed by atoms with Gasteiger partial charge in [-0.2, -0.15) is 11.8 Å². The Balaban J connectivity index is 5.47. The molecule has 9 N–H and O–H groups in total. The molecule has 0 aliphatic heterocycles. The van der Waals surface area contributed by atoms with Gasteiger partial charge >= 0.3 is 5.97 Å². The number of thioether (sulfide) groups is 1. The van der Waals surface area contributed by atoms with Crippen LogP contribution in [0.4, 0.5) is 0 Å². The van der Waals surface area contributed by atoms with Crippen LogP contribution in [0.15, 0.2) is 0 Å². The molecule has 0 fully saturated rings. The maximum Gasteiger partial charge on any atom is 0.326 e. The number of hydrogen-bond acceptors (Lipinski definition) is 8. The highest BCUT2D eigenvalue weighted by molar-refractivity contribution is 7.98. The summed E-state index contributed by atoms with van der Waals surface area (Å²) in [7, 11) is 0. The monoisotopic (exact) mass is 491 g/mol. The molecule has 0 aliphatic rings. The van der Waals surface area contributed by atoms with E-state index in [4.69, 9.17) is 11.5 Å². The van der Waals surface area contributed by atoms with Crippen LogP contribution in [0, 0.1) is 5.92 Å². The maximum atomic E-state index is 12.9. The molecule has 0 radical (unpaired) electrons. The van der Waals surface area contributed by atoms with Gasteiger partial charge in [-0.15, -0.1) is 0 Å². The lowest BCUT2D eigenvalue weighted by atomic mass is 10.0. The van der Waals surface area contributed by atoms with E-state index in [0.29, 0.717) is 5.75 Å². The number of hydrogen-bond donors (Lipinski definition) is 7. The highest BCUT2D eigenvalue weighted by Gasteiger charge is 2.31. The van der Waals surface area contributed by atoms with E-state index >= 15 is 0 Å². The first-order valence-electron chi connectivity index (χ1n) is 10.6. The maximum absolute atomic E-state index is 12.9. The van der Waals surface area contributed by atoms with Gasteiger partial charge in [0.05, 0.1) is 6.10 Å². The number of aliphatic hydroxyl groups is 1. The number of nitrogens with one attached hydrogen (secondary N) is 3. The van der Waals surface area contributed by atoms with Crippen molar-refractivity contribution in [3.05, 3.63) is 0 Å². The number of nitrogens with two attached hydrogens (primary N) is 2. The lowest BCUT2D eigenvalue weighted by Gasteiger charge is -2.26. The van der Waals surface area contributed by atoms with Gasteiger partial charge in [0.1, 0.15) is 24.2 Å². The van der Waals surface area contributed by atoms with Crippen LogP contribution in [-0.2, 0) is 24.0 Å². The summed E-state index contributed by atoms with van der Waals surface area (Å²) in [6, 6.07) is -4.67. The molecule has 5 atom stereocenters. The Morgan fingerprint density at radius 2 is 1.39 bits per heavy atom. The third kappa shape index (κ3) is 12.4. The molecule has 33 heavy (non-hydrogen) atoms. The fraction of sp³-hybridized carbons (Fsp3) is 0.750. The lowest BCUT2D eigenvalue weighted by Crippen LogP contribution is -2.58. The first-order chi connectivity index (χ1) is 15.3. The molecule has 0 saturated heterocycles. The molecule has 0 rings (SSSR count). The number of carbonyl (C=O) groups is 5. The first kappa shape index (κ1) is 30.6. The molecule has 0 heterocycles. The van der Waals surface area contributed by atoms with Gasteiger partial charge in [0.25, 0.3) is 0 Å². The highest BCUT2D eigenvalue weighted by atomic mass is 32.2. The van der Waals surface area contributed by atoms with Crippen molar-refractivity contribution in [2.45, 2.75) is 76.7 Å². The number of aliphatic hydroxyl groups excluding tert-OH is 1. The SMILES string of the molecule is CSCCC(NC(=O)C(CC(C)C)NC(=O)C(N)C(C)O)C(=O)NC(CCC(N)=O)C(=O)O. The van der Waals surface area contributed by atoms with E-state index in [1.165, 1.54) is 18.7 Å². The minimum Gasteiger partial charge on any atom is -0.480 e. The Bertz CT molecular complexity index is 690. The zero-order chi connectivity index (χ0) is 25.7. The van der Waals surface area contributed by atoms with Crippen LogP contribution < -0.4 is 27.4 Å². The normalized spacial score (nSPS) is 15.6. The molecule has 4 amide bonds. The largest absolute Gasteiger partial charge is 0.480 e. The second kappa shape index (κ2) is 15.5. The Labute approximate surface area is 198 Å². The molecular formula is C20H37N5O7S. The third-order valence-corrected chi connectivity index (χ3v) is 5.34. The lowest BCUT2D eigenvalue weighted by molar-refractivity contribution is -0.142. The fourth-order valence-electron chi connectivity index (χ4n) is 2.78. The number of aliphatic carboxylic acids is 1.